The van der Waals surface area contributed by atoms with Crippen LogP contribution in [0.4, 0.5) is 0 Å². The van der Waals surface area contributed by atoms with Crippen LogP contribution in [0.15, 0.2) is 83.9 Å². The molecule has 0 saturated carbocycles. The summed E-state index contributed by atoms with van der Waals surface area (Å²) in [4.78, 5) is 0. The fourth-order valence-electron chi connectivity index (χ4n) is 9.30. The fourth-order valence-corrected chi connectivity index (χ4v) is 40.7. The van der Waals surface area contributed by atoms with Crippen LogP contribution in [0.5, 0.6) is 0 Å². The third-order valence-corrected chi connectivity index (χ3v) is 63.6. The Labute approximate surface area is 312 Å². The topological polar surface area (TPSA) is 0 Å². The summed E-state index contributed by atoms with van der Waals surface area (Å²) in [6, 6.07) is 27.5. The predicted molar refractivity (Wildman–Crippen MR) is 223 cm³/mol. The van der Waals surface area contributed by atoms with Crippen molar-refractivity contribution >= 4 is 35.1 Å². The summed E-state index contributed by atoms with van der Waals surface area (Å²) >= 11 is -5.05. The van der Waals surface area contributed by atoms with Crippen molar-refractivity contribution in [3.8, 4) is 22.3 Å². The number of hydrogen-bond donors (Lipinski definition) is 0. The van der Waals surface area contributed by atoms with Gasteiger partial charge in [0.25, 0.3) is 0 Å². The molecule has 0 aliphatic heterocycles. The normalized spacial score (nSPS) is 18.4. The molecule has 0 radical (unpaired) electrons. The van der Waals surface area contributed by atoms with Crippen molar-refractivity contribution in [1.29, 1.82) is 0 Å². The molecule has 0 nitrogen and oxygen atoms in total. The zero-order chi connectivity index (χ0) is 36.6. The van der Waals surface area contributed by atoms with Crippen molar-refractivity contribution in [1.82, 2.24) is 0 Å². The van der Waals surface area contributed by atoms with Gasteiger partial charge in [-0.25, -0.2) is 0 Å². The van der Waals surface area contributed by atoms with Gasteiger partial charge in [0.15, 0.2) is 0 Å². The van der Waals surface area contributed by atoms with Gasteiger partial charge >= 0.3 is 315 Å². The number of fused-ring (bicyclic) bond motifs is 2. The van der Waals surface area contributed by atoms with Crippen molar-refractivity contribution in [3.05, 3.63) is 128 Å². The second-order valence-corrected chi connectivity index (χ2v) is 60.0. The third-order valence-electron chi connectivity index (χ3n) is 12.1. The van der Waals surface area contributed by atoms with Gasteiger partial charge in [-0.1, -0.05) is 0 Å². The second-order valence-electron chi connectivity index (χ2n) is 17.5. The number of benzene rings is 4. The Morgan fingerprint density at radius 3 is 1.26 bits per heavy atom. The zero-order valence-electron chi connectivity index (χ0n) is 32.5. The first kappa shape index (κ1) is 37.8. The van der Waals surface area contributed by atoms with Gasteiger partial charge in [-0.3, -0.25) is 0 Å². The van der Waals surface area contributed by atoms with Crippen LogP contribution in [0.2, 0.25) is 13.1 Å². The summed E-state index contributed by atoms with van der Waals surface area (Å²) in [5, 5.41) is 0. The Morgan fingerprint density at radius 1 is 0.580 bits per heavy atom. The minimum absolute atomic E-state index is 0.0314. The van der Waals surface area contributed by atoms with Gasteiger partial charge in [0.2, 0.25) is 0 Å². The first-order valence-corrected chi connectivity index (χ1v) is 35.1. The van der Waals surface area contributed by atoms with Gasteiger partial charge in [-0.2, -0.15) is 0 Å². The Balaban J connectivity index is 1.71. The molecule has 4 heteroatoms. The van der Waals surface area contributed by atoms with Gasteiger partial charge in [0.1, 0.15) is 0 Å². The summed E-state index contributed by atoms with van der Waals surface area (Å²) in [7, 11) is 17.9. The number of hydrogen-bond acceptors (Lipinski definition) is 0. The molecule has 0 saturated heterocycles. The molecule has 0 amide bonds. The molecular formula is C46H57Cl2SiZr. The number of rotatable bonds is 7. The van der Waals surface area contributed by atoms with Crippen LogP contribution in [0.3, 0.4) is 0 Å². The van der Waals surface area contributed by atoms with Crippen LogP contribution < -0.4 is 0 Å². The molecule has 4 aromatic rings. The molecule has 4 aromatic carbocycles. The molecule has 6 rings (SSSR count). The first-order chi connectivity index (χ1) is 23.4. The van der Waals surface area contributed by atoms with E-state index in [0.717, 1.165) is 12.8 Å². The van der Waals surface area contributed by atoms with Crippen molar-refractivity contribution in [2.45, 2.75) is 102 Å². The van der Waals surface area contributed by atoms with Gasteiger partial charge in [-0.05, 0) is 0 Å². The summed E-state index contributed by atoms with van der Waals surface area (Å²) in [5.74, 6) is -1.74. The molecule has 0 N–H and O–H groups in total. The van der Waals surface area contributed by atoms with E-state index in [9.17, 15) is 0 Å². The van der Waals surface area contributed by atoms with E-state index in [-0.39, 0.29) is 18.1 Å². The molecule has 50 heavy (non-hydrogen) atoms. The van der Waals surface area contributed by atoms with E-state index in [2.05, 4.69) is 167 Å². The van der Waals surface area contributed by atoms with Crippen LogP contribution in [0, 0.1) is 24.7 Å². The molecule has 0 bridgehead atoms. The molecule has 0 aromatic heterocycles. The van der Waals surface area contributed by atoms with Gasteiger partial charge < -0.3 is 0 Å². The van der Waals surface area contributed by atoms with E-state index >= 15 is 0 Å². The number of allylic oxidation sites excluding steroid dienone is 2. The van der Waals surface area contributed by atoms with Gasteiger partial charge in [0.05, 0.1) is 0 Å². The van der Waals surface area contributed by atoms with Crippen LogP contribution >= 0.6 is 17.0 Å². The van der Waals surface area contributed by atoms with Crippen LogP contribution in [0.25, 0.3) is 34.4 Å². The molecule has 2 atom stereocenters. The third kappa shape index (κ3) is 5.88. The SMILES string of the molecule is CCc1ccccc1-c1c(C)ccc2c1C=C(C(C)(C)C)[CH]2[Zr]([Cl])([Cl])([CH]1C(C(C)(C)C)=Cc2c1ccc(C)c2-c1ccccc1CC)[SiH](C)C. The maximum absolute atomic E-state index is 8.95. The van der Waals surface area contributed by atoms with E-state index in [1.807, 2.05) is 0 Å². The van der Waals surface area contributed by atoms with Crippen molar-refractivity contribution < 1.29 is 15.6 Å². The molecule has 263 valence electrons. The van der Waals surface area contributed by atoms with Crippen LogP contribution in [-0.4, -0.2) is 5.92 Å². The summed E-state index contributed by atoms with van der Waals surface area (Å²) in [5.41, 5.74) is 18.8. The van der Waals surface area contributed by atoms with Crippen molar-refractivity contribution in [3.63, 3.8) is 0 Å². The number of halogens is 2. The fraction of sp³-hybridized carbons (Fsp3) is 0.391. The van der Waals surface area contributed by atoms with E-state index < -0.39 is 21.5 Å². The molecule has 0 fully saturated rings. The van der Waals surface area contributed by atoms with Crippen LogP contribution in [-0.2, 0) is 28.4 Å². The molecule has 2 aliphatic rings. The molecule has 0 heterocycles. The van der Waals surface area contributed by atoms with Gasteiger partial charge in [0, 0.05) is 0 Å². The molecule has 0 spiro atoms. The van der Waals surface area contributed by atoms with E-state index in [0.29, 0.717) is 0 Å². The summed E-state index contributed by atoms with van der Waals surface area (Å²) in [6.07, 6.45) is 7.07. The Morgan fingerprint density at radius 2 is 0.940 bits per heavy atom. The quantitative estimate of drug-likeness (QED) is 0.163. The maximum atomic E-state index is 8.95. The molecular weight excluding hydrogens is 743 g/mol. The van der Waals surface area contributed by atoms with Crippen LogP contribution in [0.1, 0.15) is 107 Å². The monoisotopic (exact) mass is 797 g/mol. The van der Waals surface area contributed by atoms with E-state index in [4.69, 9.17) is 17.0 Å². The average Bonchev–Trinajstić information content (AvgIpc) is 3.66. The van der Waals surface area contributed by atoms with Crippen molar-refractivity contribution in [2.75, 3.05) is 0 Å². The average molecular weight is 800 g/mol. The Bertz CT molecular complexity index is 1910. The number of aryl methyl sites for hydroxylation is 4. The molecule has 2 unspecified atom stereocenters. The van der Waals surface area contributed by atoms with Gasteiger partial charge in [-0.15, -0.1) is 0 Å². The van der Waals surface area contributed by atoms with Crippen molar-refractivity contribution in [2.24, 2.45) is 10.8 Å². The minimum atomic E-state index is -5.05. The van der Waals surface area contributed by atoms with E-state index in [1.165, 1.54) is 77.9 Å². The Kier molecular flexibility index (Phi) is 9.95. The standard InChI is InChI=1S/2C22H25.C2H7Si.2ClH.Zr/c2*1-6-16-9-7-8-10-19(16)21-15(2)11-12-17-13-18(14-20(17)21)22(3,4)5;1-3-2;;;/h2*7-14H,6H2,1-5H3;3H,1-2H3;2*1H;/q;;;;;+2/p-2. The Hall–Kier alpha value is -1.96. The predicted octanol–water partition coefficient (Wildman–Crippen LogP) is 14.4. The zero-order valence-corrected chi connectivity index (χ0v) is 37.6. The molecule has 2 aliphatic carbocycles. The summed E-state index contributed by atoms with van der Waals surface area (Å²) in [6.45, 7) is 28.3. The summed E-state index contributed by atoms with van der Waals surface area (Å²) < 4.78 is 0.0629. The van der Waals surface area contributed by atoms with E-state index in [1.54, 1.807) is 0 Å². The first-order valence-electron chi connectivity index (χ1n) is 18.8. The second kappa shape index (κ2) is 13.2.